The molecule has 2 heterocycles. The van der Waals surface area contributed by atoms with Crippen LogP contribution in [0.1, 0.15) is 47.3 Å². The lowest BCUT2D eigenvalue weighted by molar-refractivity contribution is 0.0858. The van der Waals surface area contributed by atoms with E-state index in [0.29, 0.717) is 35.4 Å². The van der Waals surface area contributed by atoms with Gasteiger partial charge in [0.1, 0.15) is 23.3 Å². The number of hydrogen-bond donors (Lipinski definition) is 2. The van der Waals surface area contributed by atoms with E-state index in [0.717, 1.165) is 58.4 Å². The molecule has 1 aromatic heterocycles. The number of nitrogens with two attached hydrogens (primary N) is 1. The zero-order valence-electron chi connectivity index (χ0n) is 21.9. The maximum Gasteiger partial charge on any atom is 0.269 e. The van der Waals surface area contributed by atoms with Gasteiger partial charge in [0.25, 0.3) is 5.91 Å². The highest BCUT2D eigenvalue weighted by Crippen LogP contribution is 2.26. The molecule has 0 atom stereocenters. The van der Waals surface area contributed by atoms with Crippen molar-refractivity contribution >= 4 is 17.6 Å². The molecule has 1 saturated heterocycles. The number of likely N-dealkylation sites (N-methyl/N-ethyl adjacent to an activating group) is 1. The summed E-state index contributed by atoms with van der Waals surface area (Å²) >= 11 is 0. The molecule has 2 fully saturated rings. The van der Waals surface area contributed by atoms with E-state index in [4.69, 9.17) is 5.73 Å². The Hall–Kier alpha value is -3.68. The van der Waals surface area contributed by atoms with Crippen LogP contribution in [-0.2, 0) is 13.6 Å². The molecule has 1 aromatic carbocycles. The maximum absolute atomic E-state index is 13.4. The van der Waals surface area contributed by atoms with Crippen LogP contribution in [0.15, 0.2) is 47.9 Å². The van der Waals surface area contributed by atoms with Crippen LogP contribution in [0.4, 0.5) is 5.82 Å². The van der Waals surface area contributed by atoms with Crippen LogP contribution in [0, 0.1) is 17.2 Å². The summed E-state index contributed by atoms with van der Waals surface area (Å²) in [6, 6.07) is 9.70. The minimum Gasteiger partial charge on any atom is -0.383 e. The second-order valence-corrected chi connectivity index (χ2v) is 10.1. The van der Waals surface area contributed by atoms with Gasteiger partial charge in [0, 0.05) is 51.9 Å². The van der Waals surface area contributed by atoms with Crippen LogP contribution in [-0.4, -0.2) is 75.9 Å². The molecule has 1 aliphatic carbocycles. The van der Waals surface area contributed by atoms with Gasteiger partial charge in [0.15, 0.2) is 5.84 Å². The van der Waals surface area contributed by atoms with Crippen LogP contribution >= 0.6 is 0 Å². The average Bonchev–Trinajstić information content (AvgIpc) is 3.53. The fraction of sp³-hybridized carbons (Fsp3) is 0.481. The van der Waals surface area contributed by atoms with Gasteiger partial charge in [-0.15, -0.1) is 0 Å². The summed E-state index contributed by atoms with van der Waals surface area (Å²) in [5.41, 5.74) is 11.4. The first-order valence-electron chi connectivity index (χ1n) is 12.9. The molecule has 0 bridgehead atoms. The van der Waals surface area contributed by atoms with Crippen molar-refractivity contribution in [2.75, 3.05) is 45.5 Å². The Bertz CT molecular complexity index is 1160. The lowest BCUT2D eigenvalue weighted by Crippen LogP contribution is -2.49. The van der Waals surface area contributed by atoms with Gasteiger partial charge in [0.2, 0.25) is 0 Å². The van der Waals surface area contributed by atoms with Gasteiger partial charge in [-0.2, -0.15) is 5.26 Å². The Balaban J connectivity index is 1.54. The fourth-order valence-electron chi connectivity index (χ4n) is 4.86. The van der Waals surface area contributed by atoms with Crippen molar-refractivity contribution in [3.05, 3.63) is 59.7 Å². The number of carbonyl (C=O) groups is 1. The molecule has 37 heavy (non-hydrogen) atoms. The van der Waals surface area contributed by atoms with Crippen molar-refractivity contribution in [3.8, 4) is 6.07 Å². The maximum atomic E-state index is 13.4. The quantitative estimate of drug-likeness (QED) is 0.258. The van der Waals surface area contributed by atoms with E-state index >= 15 is 0 Å². The largest absolute Gasteiger partial charge is 0.383 e. The van der Waals surface area contributed by atoms with Gasteiger partial charge in [-0.3, -0.25) is 20.1 Å². The van der Waals surface area contributed by atoms with Gasteiger partial charge in [-0.05, 0) is 43.5 Å². The highest BCUT2D eigenvalue weighted by atomic mass is 16.2. The second kappa shape index (κ2) is 12.0. The number of allylic oxidation sites excluding steroid dienone is 1. The Morgan fingerprint density at radius 2 is 1.89 bits per heavy atom. The molecule has 1 aliphatic heterocycles. The number of amidine groups is 1. The third kappa shape index (κ3) is 6.76. The molecule has 3 N–H and O–H groups in total. The standard InChI is InChI=1S/C27H37N9O/c1-20(16-28)31-26(24-25(29)34(3)19-30-24)36(18-21-6-4-5-7-21)32-27(37)23-10-8-22(9-11-23)17-35-14-12-33(2)13-15-35/h8-11,19,21H,1,4-7,12-15,17-18,29H2,2-3H3,(H,32,37)/b31-26+. The van der Waals surface area contributed by atoms with E-state index in [9.17, 15) is 10.1 Å². The number of imidazole rings is 1. The zero-order valence-corrected chi connectivity index (χ0v) is 21.9. The van der Waals surface area contributed by atoms with Crippen molar-refractivity contribution in [1.29, 1.82) is 5.26 Å². The number of piperazine rings is 1. The predicted octanol–water partition coefficient (Wildman–Crippen LogP) is 2.37. The molecule has 2 aliphatic rings. The molecule has 4 rings (SSSR count). The summed E-state index contributed by atoms with van der Waals surface area (Å²) < 4.78 is 1.68. The molecule has 0 spiro atoms. The number of rotatable bonds is 7. The lowest BCUT2D eigenvalue weighted by Gasteiger charge is -2.32. The van der Waals surface area contributed by atoms with E-state index in [-0.39, 0.29) is 11.6 Å². The van der Waals surface area contributed by atoms with Gasteiger partial charge in [-0.1, -0.05) is 31.6 Å². The zero-order chi connectivity index (χ0) is 26.4. The summed E-state index contributed by atoms with van der Waals surface area (Å²) in [6.45, 7) is 9.36. The first-order chi connectivity index (χ1) is 17.8. The minimum atomic E-state index is -0.256. The van der Waals surface area contributed by atoms with Gasteiger partial charge < -0.3 is 15.2 Å². The van der Waals surface area contributed by atoms with Crippen LogP contribution in [0.5, 0.6) is 0 Å². The first-order valence-corrected chi connectivity index (χ1v) is 12.9. The number of carbonyl (C=O) groups excluding carboxylic acids is 1. The van der Waals surface area contributed by atoms with Crippen molar-refractivity contribution in [3.63, 3.8) is 0 Å². The molecule has 10 nitrogen and oxygen atoms in total. The Kier molecular flexibility index (Phi) is 8.58. The highest BCUT2D eigenvalue weighted by molar-refractivity contribution is 6.03. The van der Waals surface area contributed by atoms with Crippen molar-refractivity contribution in [1.82, 2.24) is 29.8 Å². The minimum absolute atomic E-state index is 0.0129. The molecular weight excluding hydrogens is 466 g/mol. The predicted molar refractivity (Wildman–Crippen MR) is 144 cm³/mol. The van der Waals surface area contributed by atoms with Crippen LogP contribution in [0.3, 0.4) is 0 Å². The van der Waals surface area contributed by atoms with Gasteiger partial charge >= 0.3 is 0 Å². The highest BCUT2D eigenvalue weighted by Gasteiger charge is 2.27. The molecule has 10 heteroatoms. The monoisotopic (exact) mass is 503 g/mol. The average molecular weight is 504 g/mol. The van der Waals surface area contributed by atoms with Crippen LogP contribution in [0.2, 0.25) is 0 Å². The fourth-order valence-corrected chi connectivity index (χ4v) is 4.86. The first kappa shape index (κ1) is 26.4. The number of nitrogen functional groups attached to an aromatic ring is 1. The molecule has 1 saturated carbocycles. The summed E-state index contributed by atoms with van der Waals surface area (Å²) in [7, 11) is 3.93. The van der Waals surface area contributed by atoms with E-state index in [1.165, 1.54) is 5.56 Å². The van der Waals surface area contributed by atoms with Crippen molar-refractivity contribution in [2.24, 2.45) is 18.0 Å². The van der Waals surface area contributed by atoms with Crippen LogP contribution < -0.4 is 11.2 Å². The molecule has 196 valence electrons. The number of aromatic nitrogens is 2. The third-order valence-electron chi connectivity index (χ3n) is 7.19. The number of aliphatic imine (C=N–C) groups is 1. The molecular formula is C27H37N9O. The van der Waals surface area contributed by atoms with Crippen molar-refractivity contribution in [2.45, 2.75) is 32.2 Å². The lowest BCUT2D eigenvalue weighted by atomic mass is 10.1. The number of hydrazine groups is 1. The summed E-state index contributed by atoms with van der Waals surface area (Å²) in [6.07, 6.45) is 6.04. The van der Waals surface area contributed by atoms with E-state index < -0.39 is 0 Å². The summed E-state index contributed by atoms with van der Waals surface area (Å²) in [5.74, 6) is 0.839. The number of hydrogen-bond acceptors (Lipinski definition) is 7. The van der Waals surface area contributed by atoms with E-state index in [1.807, 2.05) is 30.3 Å². The summed E-state index contributed by atoms with van der Waals surface area (Å²) in [4.78, 5) is 27.0. The number of anilines is 1. The number of nitriles is 1. The molecule has 1 amide bonds. The van der Waals surface area contributed by atoms with E-state index in [1.54, 1.807) is 23.0 Å². The third-order valence-corrected chi connectivity index (χ3v) is 7.19. The van der Waals surface area contributed by atoms with E-state index in [2.05, 4.69) is 38.8 Å². The normalized spacial score (nSPS) is 17.5. The molecule has 0 radical (unpaired) electrons. The Morgan fingerprint density at radius 3 is 2.49 bits per heavy atom. The van der Waals surface area contributed by atoms with Gasteiger partial charge in [-0.25, -0.2) is 9.98 Å². The van der Waals surface area contributed by atoms with Crippen LogP contribution in [0.25, 0.3) is 0 Å². The topological polar surface area (TPSA) is 119 Å². The second-order valence-electron chi connectivity index (χ2n) is 10.1. The number of nitrogens with zero attached hydrogens (tertiary/aromatic N) is 7. The van der Waals surface area contributed by atoms with Crippen molar-refractivity contribution < 1.29 is 4.79 Å². The van der Waals surface area contributed by atoms with Gasteiger partial charge in [0.05, 0.1) is 6.33 Å². The summed E-state index contributed by atoms with van der Waals surface area (Å²) in [5, 5.41) is 11.1. The SMILES string of the molecule is C=C(C#N)/N=C(\c1ncn(C)c1N)N(CC1CCCC1)NC(=O)c1ccc(CN2CCN(C)CC2)cc1. The smallest absolute Gasteiger partial charge is 0.269 e. The number of aryl methyl sites for hydroxylation is 1. The number of amides is 1. The number of nitrogens with one attached hydrogen (secondary N) is 1. The number of benzene rings is 1. The molecule has 0 unspecified atom stereocenters. The Labute approximate surface area is 219 Å². The molecule has 2 aromatic rings. The Morgan fingerprint density at radius 1 is 1.22 bits per heavy atom.